The number of nitrogens with zero attached hydrogens (tertiary/aromatic N) is 1. The molecular formula is C23H31N. The predicted molar refractivity (Wildman–Crippen MR) is 106 cm³/mol. The molecule has 0 spiro atoms. The van der Waals surface area contributed by atoms with Crippen LogP contribution in [0.3, 0.4) is 0 Å². The minimum absolute atomic E-state index is 0.613. The first kappa shape index (κ1) is 18.5. The van der Waals surface area contributed by atoms with Crippen LogP contribution in [0.25, 0.3) is 5.57 Å². The molecule has 0 unspecified atom stereocenters. The van der Waals surface area contributed by atoms with Gasteiger partial charge in [-0.1, -0.05) is 61.2 Å². The zero-order valence-corrected chi connectivity index (χ0v) is 15.6. The monoisotopic (exact) mass is 321 g/mol. The molecule has 0 fully saturated rings. The van der Waals surface area contributed by atoms with Crippen LogP contribution in [-0.2, 0) is 6.42 Å². The minimum atomic E-state index is 0.613. The van der Waals surface area contributed by atoms with Crippen molar-refractivity contribution in [2.75, 3.05) is 6.54 Å². The first-order chi connectivity index (χ1) is 11.5. The molecule has 0 bridgehead atoms. The summed E-state index contributed by atoms with van der Waals surface area (Å²) in [6.07, 6.45) is 2.34. The van der Waals surface area contributed by atoms with Gasteiger partial charge in [-0.2, -0.15) is 0 Å². The standard InChI is InChI=1S/C23H31N/c1-18(2)24(19(3)4)17-9-10-21-13-15-23(16-14-21)20(5)22-11-7-6-8-12-22/h6-8,11-16,18-19H,5,9-10,17H2,1-4H3. The second-order valence-electron chi connectivity index (χ2n) is 7.07. The highest BCUT2D eigenvalue weighted by molar-refractivity contribution is 5.77. The molecule has 0 radical (unpaired) electrons. The van der Waals surface area contributed by atoms with Crippen LogP contribution in [0.2, 0.25) is 0 Å². The van der Waals surface area contributed by atoms with E-state index < -0.39 is 0 Å². The second kappa shape index (κ2) is 8.84. The van der Waals surface area contributed by atoms with E-state index in [9.17, 15) is 0 Å². The van der Waals surface area contributed by atoms with Crippen LogP contribution in [0.4, 0.5) is 0 Å². The maximum atomic E-state index is 4.24. The quantitative estimate of drug-likeness (QED) is 0.594. The highest BCUT2D eigenvalue weighted by Gasteiger charge is 2.12. The third-order valence-electron chi connectivity index (χ3n) is 4.63. The van der Waals surface area contributed by atoms with Gasteiger partial charge >= 0.3 is 0 Å². The molecule has 0 atom stereocenters. The third-order valence-corrected chi connectivity index (χ3v) is 4.63. The van der Waals surface area contributed by atoms with Crippen LogP contribution >= 0.6 is 0 Å². The molecule has 0 saturated carbocycles. The highest BCUT2D eigenvalue weighted by atomic mass is 15.2. The fraction of sp³-hybridized carbons (Fsp3) is 0.391. The highest BCUT2D eigenvalue weighted by Crippen LogP contribution is 2.22. The number of rotatable bonds is 8. The van der Waals surface area contributed by atoms with Gasteiger partial charge in [0, 0.05) is 12.1 Å². The van der Waals surface area contributed by atoms with Crippen LogP contribution in [0.5, 0.6) is 0 Å². The van der Waals surface area contributed by atoms with Crippen LogP contribution in [0.1, 0.15) is 50.8 Å². The van der Waals surface area contributed by atoms with Gasteiger partial charge in [0.05, 0.1) is 0 Å². The summed E-state index contributed by atoms with van der Waals surface area (Å²) >= 11 is 0. The number of hydrogen-bond acceptors (Lipinski definition) is 1. The van der Waals surface area contributed by atoms with E-state index in [0.717, 1.165) is 18.5 Å². The van der Waals surface area contributed by atoms with Crippen molar-refractivity contribution in [3.05, 3.63) is 77.9 Å². The van der Waals surface area contributed by atoms with E-state index in [1.54, 1.807) is 0 Å². The lowest BCUT2D eigenvalue weighted by molar-refractivity contribution is 0.173. The second-order valence-corrected chi connectivity index (χ2v) is 7.07. The zero-order chi connectivity index (χ0) is 17.5. The Morgan fingerprint density at radius 3 is 1.92 bits per heavy atom. The summed E-state index contributed by atoms with van der Waals surface area (Å²) in [5.41, 5.74) is 4.89. The molecule has 1 heteroatoms. The fourth-order valence-corrected chi connectivity index (χ4v) is 3.26. The van der Waals surface area contributed by atoms with Crippen LogP contribution < -0.4 is 0 Å². The van der Waals surface area contributed by atoms with Gasteiger partial charge in [0.2, 0.25) is 0 Å². The Hall–Kier alpha value is -1.86. The smallest absolute Gasteiger partial charge is 0.00412 e. The van der Waals surface area contributed by atoms with Crippen LogP contribution in [-0.4, -0.2) is 23.5 Å². The van der Waals surface area contributed by atoms with Crippen molar-refractivity contribution in [3.8, 4) is 0 Å². The van der Waals surface area contributed by atoms with Gasteiger partial charge in [-0.05, 0) is 69.3 Å². The summed E-state index contributed by atoms with van der Waals surface area (Å²) in [6, 6.07) is 20.5. The van der Waals surface area contributed by atoms with Gasteiger partial charge < -0.3 is 0 Å². The Bertz CT molecular complexity index is 615. The molecule has 2 aromatic carbocycles. The molecule has 0 aliphatic heterocycles. The molecule has 0 amide bonds. The molecule has 1 nitrogen and oxygen atoms in total. The first-order valence-electron chi connectivity index (χ1n) is 9.08. The van der Waals surface area contributed by atoms with Gasteiger partial charge in [-0.25, -0.2) is 0 Å². The topological polar surface area (TPSA) is 3.24 Å². The molecular weight excluding hydrogens is 290 g/mol. The molecule has 24 heavy (non-hydrogen) atoms. The SMILES string of the molecule is C=C(c1ccccc1)c1ccc(CCCN(C(C)C)C(C)C)cc1. The Balaban J connectivity index is 1.92. The molecule has 0 saturated heterocycles. The maximum Gasteiger partial charge on any atom is 0.00412 e. The van der Waals surface area contributed by atoms with Gasteiger partial charge in [-0.3, -0.25) is 4.90 Å². The van der Waals surface area contributed by atoms with Gasteiger partial charge in [-0.15, -0.1) is 0 Å². The van der Waals surface area contributed by atoms with E-state index in [1.165, 1.54) is 23.1 Å². The average Bonchev–Trinajstić information content (AvgIpc) is 2.58. The Labute approximate surface area is 148 Å². The summed E-state index contributed by atoms with van der Waals surface area (Å²) in [5, 5.41) is 0. The lowest BCUT2D eigenvalue weighted by Crippen LogP contribution is -2.37. The number of benzene rings is 2. The molecule has 2 rings (SSSR count). The normalized spacial score (nSPS) is 11.5. The fourth-order valence-electron chi connectivity index (χ4n) is 3.26. The summed E-state index contributed by atoms with van der Waals surface area (Å²) in [7, 11) is 0. The van der Waals surface area contributed by atoms with Crippen molar-refractivity contribution < 1.29 is 0 Å². The van der Waals surface area contributed by atoms with E-state index in [0.29, 0.717) is 12.1 Å². The summed E-state index contributed by atoms with van der Waals surface area (Å²) < 4.78 is 0. The summed E-state index contributed by atoms with van der Waals surface area (Å²) in [4.78, 5) is 2.56. The third kappa shape index (κ3) is 5.07. The maximum absolute atomic E-state index is 4.24. The van der Waals surface area contributed by atoms with E-state index in [2.05, 4.69) is 87.7 Å². The number of aryl methyl sites for hydroxylation is 1. The minimum Gasteiger partial charge on any atom is -0.299 e. The van der Waals surface area contributed by atoms with Crippen LogP contribution in [0.15, 0.2) is 61.2 Å². The molecule has 2 aromatic rings. The van der Waals surface area contributed by atoms with Crippen LogP contribution in [0, 0.1) is 0 Å². The van der Waals surface area contributed by atoms with Gasteiger partial charge in [0.15, 0.2) is 0 Å². The van der Waals surface area contributed by atoms with Crippen molar-refractivity contribution in [1.29, 1.82) is 0 Å². The van der Waals surface area contributed by atoms with E-state index in [4.69, 9.17) is 0 Å². The van der Waals surface area contributed by atoms with Crippen molar-refractivity contribution in [2.45, 2.75) is 52.6 Å². The van der Waals surface area contributed by atoms with E-state index >= 15 is 0 Å². The van der Waals surface area contributed by atoms with Gasteiger partial charge in [0.1, 0.15) is 0 Å². The number of hydrogen-bond donors (Lipinski definition) is 0. The molecule has 0 heterocycles. The molecule has 0 aliphatic rings. The van der Waals surface area contributed by atoms with Crippen molar-refractivity contribution in [1.82, 2.24) is 4.90 Å². The molecule has 0 aromatic heterocycles. The summed E-state index contributed by atoms with van der Waals surface area (Å²) in [5.74, 6) is 0. The zero-order valence-electron chi connectivity index (χ0n) is 15.6. The first-order valence-corrected chi connectivity index (χ1v) is 9.08. The molecule has 0 N–H and O–H groups in total. The van der Waals surface area contributed by atoms with Gasteiger partial charge in [0.25, 0.3) is 0 Å². The van der Waals surface area contributed by atoms with E-state index in [-0.39, 0.29) is 0 Å². The Morgan fingerprint density at radius 2 is 1.38 bits per heavy atom. The van der Waals surface area contributed by atoms with Crippen molar-refractivity contribution >= 4 is 5.57 Å². The lowest BCUT2D eigenvalue weighted by atomic mass is 9.98. The average molecular weight is 322 g/mol. The molecule has 128 valence electrons. The van der Waals surface area contributed by atoms with E-state index in [1.807, 2.05) is 6.07 Å². The molecule has 0 aliphatic carbocycles. The largest absolute Gasteiger partial charge is 0.299 e. The van der Waals surface area contributed by atoms with Crippen molar-refractivity contribution in [3.63, 3.8) is 0 Å². The van der Waals surface area contributed by atoms with Crippen molar-refractivity contribution in [2.24, 2.45) is 0 Å². The lowest BCUT2D eigenvalue weighted by Gasteiger charge is -2.30. The Morgan fingerprint density at radius 1 is 0.833 bits per heavy atom. The summed E-state index contributed by atoms with van der Waals surface area (Å²) in [6.45, 7) is 14.5. The Kier molecular flexibility index (Phi) is 6.81. The predicted octanol–water partition coefficient (Wildman–Crippen LogP) is 5.80.